The van der Waals surface area contributed by atoms with E-state index in [9.17, 15) is 8.42 Å². The minimum atomic E-state index is -3.49. The molecule has 21 heavy (non-hydrogen) atoms. The molecule has 0 bridgehead atoms. The van der Waals surface area contributed by atoms with Crippen molar-refractivity contribution >= 4 is 26.0 Å². The summed E-state index contributed by atoms with van der Waals surface area (Å²) in [7, 11) is -1.89. The zero-order chi connectivity index (χ0) is 15.3. The van der Waals surface area contributed by atoms with Crippen LogP contribution < -0.4 is 9.46 Å². The number of sulfonamides is 1. The van der Waals surface area contributed by atoms with E-state index in [0.717, 1.165) is 15.8 Å². The largest absolute Gasteiger partial charge is 0.496 e. The highest BCUT2D eigenvalue weighted by Crippen LogP contribution is 2.18. The van der Waals surface area contributed by atoms with Gasteiger partial charge in [0.1, 0.15) is 5.75 Å². The summed E-state index contributed by atoms with van der Waals surface area (Å²) >= 11 is 3.27. The third kappa shape index (κ3) is 4.30. The number of rotatable bonds is 6. The van der Waals surface area contributed by atoms with Crippen LogP contribution in [0.2, 0.25) is 0 Å². The van der Waals surface area contributed by atoms with E-state index in [1.165, 1.54) is 0 Å². The number of ether oxygens (including phenoxy) is 1. The first-order valence-corrected chi connectivity index (χ1v) is 8.67. The second-order valence-corrected chi connectivity index (χ2v) is 7.10. The lowest BCUT2D eigenvalue weighted by Gasteiger charge is -2.10. The Kier molecular flexibility index (Phi) is 5.39. The molecule has 0 amide bonds. The van der Waals surface area contributed by atoms with Crippen molar-refractivity contribution in [2.24, 2.45) is 0 Å². The molecule has 0 fully saturated rings. The topological polar surface area (TPSA) is 55.4 Å². The first kappa shape index (κ1) is 16.0. The molecule has 1 N–H and O–H groups in total. The van der Waals surface area contributed by atoms with Gasteiger partial charge in [0.15, 0.2) is 0 Å². The molecule has 6 heteroatoms. The summed E-state index contributed by atoms with van der Waals surface area (Å²) in [4.78, 5) is 0.247. The lowest BCUT2D eigenvalue weighted by atomic mass is 10.1. The van der Waals surface area contributed by atoms with Gasteiger partial charge in [-0.3, -0.25) is 0 Å². The molecule has 0 radical (unpaired) electrons. The Balaban J connectivity index is 2.03. The summed E-state index contributed by atoms with van der Waals surface area (Å²) in [6, 6.07) is 14.2. The molecule has 0 aromatic heterocycles. The van der Waals surface area contributed by atoms with E-state index in [-0.39, 0.29) is 4.90 Å². The molecular formula is C15H16BrNO3S. The van der Waals surface area contributed by atoms with Crippen molar-refractivity contribution in [2.45, 2.75) is 11.3 Å². The fourth-order valence-electron chi connectivity index (χ4n) is 1.95. The van der Waals surface area contributed by atoms with Crippen LogP contribution in [-0.2, 0) is 16.4 Å². The second kappa shape index (κ2) is 7.06. The Morgan fingerprint density at radius 1 is 1.14 bits per heavy atom. The van der Waals surface area contributed by atoms with Crippen LogP contribution in [0.3, 0.4) is 0 Å². The minimum absolute atomic E-state index is 0.247. The highest BCUT2D eigenvalue weighted by Gasteiger charge is 2.13. The standard InChI is InChI=1S/C15H16BrNO3S/c1-20-15-8-3-2-5-12(15)9-10-17-21(18,19)14-7-4-6-13(16)11-14/h2-8,11,17H,9-10H2,1H3. The molecule has 0 heterocycles. The van der Waals surface area contributed by atoms with Crippen molar-refractivity contribution in [3.63, 3.8) is 0 Å². The van der Waals surface area contributed by atoms with Gasteiger partial charge in [0.2, 0.25) is 10.0 Å². The molecule has 112 valence electrons. The summed E-state index contributed by atoms with van der Waals surface area (Å²) in [5.74, 6) is 0.763. The van der Waals surface area contributed by atoms with Crippen LogP contribution in [0.4, 0.5) is 0 Å². The Morgan fingerprint density at radius 3 is 2.62 bits per heavy atom. The molecule has 2 aromatic carbocycles. The molecule has 0 spiro atoms. The second-order valence-electron chi connectivity index (χ2n) is 4.42. The lowest BCUT2D eigenvalue weighted by molar-refractivity contribution is 0.409. The van der Waals surface area contributed by atoms with Gasteiger partial charge in [0.25, 0.3) is 0 Å². The Hall–Kier alpha value is -1.37. The monoisotopic (exact) mass is 369 g/mol. The van der Waals surface area contributed by atoms with E-state index >= 15 is 0 Å². The summed E-state index contributed by atoms with van der Waals surface area (Å²) in [6.07, 6.45) is 0.567. The molecule has 0 aliphatic rings. The maximum Gasteiger partial charge on any atom is 0.240 e. The van der Waals surface area contributed by atoms with Crippen LogP contribution in [0.5, 0.6) is 5.75 Å². The Bertz CT molecular complexity index is 716. The van der Waals surface area contributed by atoms with Crippen LogP contribution in [0.25, 0.3) is 0 Å². The van der Waals surface area contributed by atoms with Crippen molar-refractivity contribution in [2.75, 3.05) is 13.7 Å². The first-order chi connectivity index (χ1) is 10.0. The van der Waals surface area contributed by atoms with Crippen LogP contribution in [0.1, 0.15) is 5.56 Å². The summed E-state index contributed by atoms with van der Waals surface area (Å²) in [6.45, 7) is 0.315. The van der Waals surface area contributed by atoms with Gasteiger partial charge in [-0.05, 0) is 36.2 Å². The number of hydrogen-bond donors (Lipinski definition) is 1. The Morgan fingerprint density at radius 2 is 1.90 bits per heavy atom. The number of methoxy groups -OCH3 is 1. The maximum absolute atomic E-state index is 12.2. The van der Waals surface area contributed by atoms with Crippen molar-refractivity contribution in [3.8, 4) is 5.75 Å². The van der Waals surface area contributed by atoms with Crippen LogP contribution >= 0.6 is 15.9 Å². The average molecular weight is 370 g/mol. The average Bonchev–Trinajstić information content (AvgIpc) is 2.47. The van der Waals surface area contributed by atoms with E-state index in [1.807, 2.05) is 24.3 Å². The third-order valence-electron chi connectivity index (χ3n) is 2.99. The maximum atomic E-state index is 12.2. The predicted octanol–water partition coefficient (Wildman–Crippen LogP) is 2.98. The molecule has 2 rings (SSSR count). The van der Waals surface area contributed by atoms with Gasteiger partial charge in [0, 0.05) is 11.0 Å². The molecule has 0 saturated heterocycles. The zero-order valence-electron chi connectivity index (χ0n) is 11.5. The zero-order valence-corrected chi connectivity index (χ0v) is 13.9. The normalized spacial score (nSPS) is 11.3. The Labute approximate surface area is 133 Å². The number of hydrogen-bond acceptors (Lipinski definition) is 3. The van der Waals surface area contributed by atoms with Gasteiger partial charge in [0.05, 0.1) is 12.0 Å². The summed E-state index contributed by atoms with van der Waals surface area (Å²) in [5.41, 5.74) is 0.969. The van der Waals surface area contributed by atoms with E-state index < -0.39 is 10.0 Å². The number of para-hydroxylation sites is 1. The van der Waals surface area contributed by atoms with Crippen molar-refractivity contribution in [1.82, 2.24) is 4.72 Å². The van der Waals surface area contributed by atoms with Crippen molar-refractivity contribution < 1.29 is 13.2 Å². The van der Waals surface area contributed by atoms with Gasteiger partial charge < -0.3 is 4.74 Å². The summed E-state index contributed by atoms with van der Waals surface area (Å²) in [5, 5.41) is 0. The number of halogens is 1. The van der Waals surface area contributed by atoms with E-state index in [0.29, 0.717) is 13.0 Å². The van der Waals surface area contributed by atoms with E-state index in [4.69, 9.17) is 4.74 Å². The van der Waals surface area contributed by atoms with E-state index in [2.05, 4.69) is 20.7 Å². The van der Waals surface area contributed by atoms with Gasteiger partial charge in [-0.2, -0.15) is 0 Å². The molecule has 0 aliphatic carbocycles. The third-order valence-corrected chi connectivity index (χ3v) is 4.94. The molecule has 2 aromatic rings. The highest BCUT2D eigenvalue weighted by atomic mass is 79.9. The molecule has 0 aliphatic heterocycles. The summed E-state index contributed by atoms with van der Waals surface area (Å²) < 4.78 is 32.9. The van der Waals surface area contributed by atoms with E-state index in [1.54, 1.807) is 31.4 Å². The molecule has 0 atom stereocenters. The minimum Gasteiger partial charge on any atom is -0.496 e. The van der Waals surface area contributed by atoms with Crippen molar-refractivity contribution in [3.05, 3.63) is 58.6 Å². The number of nitrogens with one attached hydrogen (secondary N) is 1. The first-order valence-electron chi connectivity index (χ1n) is 6.40. The molecular weight excluding hydrogens is 354 g/mol. The lowest BCUT2D eigenvalue weighted by Crippen LogP contribution is -2.26. The van der Waals surface area contributed by atoms with Gasteiger partial charge >= 0.3 is 0 Å². The highest BCUT2D eigenvalue weighted by molar-refractivity contribution is 9.10. The van der Waals surface area contributed by atoms with Crippen LogP contribution in [-0.4, -0.2) is 22.1 Å². The van der Waals surface area contributed by atoms with Crippen LogP contribution in [0, 0.1) is 0 Å². The van der Waals surface area contributed by atoms with Crippen molar-refractivity contribution in [1.29, 1.82) is 0 Å². The predicted molar refractivity (Wildman–Crippen MR) is 86.0 cm³/mol. The van der Waals surface area contributed by atoms with Gasteiger partial charge in [-0.25, -0.2) is 13.1 Å². The quantitative estimate of drug-likeness (QED) is 0.851. The fourth-order valence-corrected chi connectivity index (χ4v) is 3.58. The SMILES string of the molecule is COc1ccccc1CCNS(=O)(=O)c1cccc(Br)c1. The van der Waals surface area contributed by atoms with Gasteiger partial charge in [-0.15, -0.1) is 0 Å². The number of benzene rings is 2. The van der Waals surface area contributed by atoms with Gasteiger partial charge in [-0.1, -0.05) is 40.2 Å². The van der Waals surface area contributed by atoms with Crippen LogP contribution in [0.15, 0.2) is 57.9 Å². The smallest absolute Gasteiger partial charge is 0.240 e. The molecule has 0 unspecified atom stereocenters. The molecule has 4 nitrogen and oxygen atoms in total. The fraction of sp³-hybridized carbons (Fsp3) is 0.200. The molecule has 0 saturated carbocycles.